The SMILES string of the molecule is COc1ccc(C(=O)Nc2ccc(Oc3ccc(-n4ccnc4C)nn3)cc2)cc1. The number of anilines is 1. The van der Waals surface area contributed by atoms with Crippen LogP contribution in [-0.4, -0.2) is 32.8 Å². The number of hydrogen-bond donors (Lipinski definition) is 1. The Morgan fingerprint density at radius 3 is 2.27 bits per heavy atom. The van der Waals surface area contributed by atoms with Crippen molar-refractivity contribution in [1.29, 1.82) is 0 Å². The summed E-state index contributed by atoms with van der Waals surface area (Å²) in [6.07, 6.45) is 3.52. The number of amides is 1. The van der Waals surface area contributed by atoms with Crippen LogP contribution in [0, 0.1) is 6.92 Å². The van der Waals surface area contributed by atoms with E-state index in [1.807, 2.05) is 17.7 Å². The number of nitrogens with one attached hydrogen (secondary N) is 1. The summed E-state index contributed by atoms with van der Waals surface area (Å²) in [6, 6.07) is 17.5. The topological polar surface area (TPSA) is 91.2 Å². The standard InChI is InChI=1S/C22H19N5O3/c1-15-23-13-14-27(15)20-11-12-21(26-25-20)30-19-9-5-17(6-10-19)24-22(28)16-3-7-18(29-2)8-4-16/h3-14H,1-2H3,(H,24,28). The van der Waals surface area contributed by atoms with Gasteiger partial charge in [0.15, 0.2) is 5.82 Å². The maximum atomic E-state index is 12.3. The summed E-state index contributed by atoms with van der Waals surface area (Å²) in [5, 5.41) is 11.1. The minimum absolute atomic E-state index is 0.206. The van der Waals surface area contributed by atoms with E-state index >= 15 is 0 Å². The summed E-state index contributed by atoms with van der Waals surface area (Å²) in [4.78, 5) is 16.5. The predicted octanol–water partition coefficient (Wildman–Crippen LogP) is 4.02. The molecule has 1 N–H and O–H groups in total. The highest BCUT2D eigenvalue weighted by Crippen LogP contribution is 2.22. The summed E-state index contributed by atoms with van der Waals surface area (Å²) in [6.45, 7) is 1.89. The van der Waals surface area contributed by atoms with Crippen molar-refractivity contribution in [3.63, 3.8) is 0 Å². The lowest BCUT2D eigenvalue weighted by Crippen LogP contribution is -2.11. The number of hydrogen-bond acceptors (Lipinski definition) is 6. The van der Waals surface area contributed by atoms with Gasteiger partial charge in [-0.1, -0.05) is 0 Å². The molecule has 0 spiro atoms. The summed E-state index contributed by atoms with van der Waals surface area (Å²) >= 11 is 0. The van der Waals surface area contributed by atoms with E-state index in [2.05, 4.69) is 20.5 Å². The van der Waals surface area contributed by atoms with Crippen molar-refractivity contribution in [2.24, 2.45) is 0 Å². The van der Waals surface area contributed by atoms with E-state index < -0.39 is 0 Å². The number of benzene rings is 2. The molecule has 0 bridgehead atoms. The summed E-state index contributed by atoms with van der Waals surface area (Å²) in [7, 11) is 1.58. The fourth-order valence-corrected chi connectivity index (χ4v) is 2.79. The first-order valence-corrected chi connectivity index (χ1v) is 9.20. The normalized spacial score (nSPS) is 10.5. The molecule has 4 aromatic rings. The van der Waals surface area contributed by atoms with Gasteiger partial charge in [0.05, 0.1) is 7.11 Å². The zero-order valence-electron chi connectivity index (χ0n) is 16.4. The smallest absolute Gasteiger partial charge is 0.255 e. The molecule has 2 aromatic carbocycles. The number of carbonyl (C=O) groups is 1. The van der Waals surface area contributed by atoms with Gasteiger partial charge >= 0.3 is 0 Å². The fourth-order valence-electron chi connectivity index (χ4n) is 2.79. The Morgan fingerprint density at radius 2 is 1.67 bits per heavy atom. The number of carbonyl (C=O) groups excluding carboxylic acids is 1. The van der Waals surface area contributed by atoms with Gasteiger partial charge < -0.3 is 14.8 Å². The molecule has 0 fully saturated rings. The molecule has 0 atom stereocenters. The van der Waals surface area contributed by atoms with Crippen LogP contribution in [0.3, 0.4) is 0 Å². The molecule has 0 saturated carbocycles. The number of nitrogens with zero attached hydrogens (tertiary/aromatic N) is 4. The van der Waals surface area contributed by atoms with E-state index in [-0.39, 0.29) is 5.91 Å². The van der Waals surface area contributed by atoms with Gasteiger partial charge in [-0.05, 0) is 61.5 Å². The lowest BCUT2D eigenvalue weighted by Gasteiger charge is -2.08. The quantitative estimate of drug-likeness (QED) is 0.525. The minimum Gasteiger partial charge on any atom is -0.497 e. The Morgan fingerprint density at radius 1 is 0.933 bits per heavy atom. The molecule has 8 nitrogen and oxygen atoms in total. The van der Waals surface area contributed by atoms with Crippen LogP contribution in [0.25, 0.3) is 5.82 Å². The van der Waals surface area contributed by atoms with Gasteiger partial charge in [-0.3, -0.25) is 9.36 Å². The number of aryl methyl sites for hydroxylation is 1. The Balaban J connectivity index is 1.38. The molecule has 1 amide bonds. The van der Waals surface area contributed by atoms with Gasteiger partial charge in [-0.25, -0.2) is 4.98 Å². The largest absolute Gasteiger partial charge is 0.497 e. The number of methoxy groups -OCH3 is 1. The van der Waals surface area contributed by atoms with Crippen molar-refractivity contribution < 1.29 is 14.3 Å². The molecule has 0 aliphatic heterocycles. The minimum atomic E-state index is -0.206. The van der Waals surface area contributed by atoms with E-state index in [1.54, 1.807) is 74.0 Å². The van der Waals surface area contributed by atoms with Crippen molar-refractivity contribution in [3.8, 4) is 23.2 Å². The van der Waals surface area contributed by atoms with E-state index in [0.29, 0.717) is 34.4 Å². The lowest BCUT2D eigenvalue weighted by molar-refractivity contribution is 0.102. The van der Waals surface area contributed by atoms with Crippen LogP contribution >= 0.6 is 0 Å². The van der Waals surface area contributed by atoms with Gasteiger partial charge in [0.2, 0.25) is 5.88 Å². The molecule has 0 unspecified atom stereocenters. The highest BCUT2D eigenvalue weighted by atomic mass is 16.5. The molecule has 0 aliphatic rings. The first-order valence-electron chi connectivity index (χ1n) is 9.20. The maximum absolute atomic E-state index is 12.3. The molecule has 8 heteroatoms. The Bertz CT molecular complexity index is 1140. The van der Waals surface area contributed by atoms with Crippen LogP contribution in [0.2, 0.25) is 0 Å². The molecular formula is C22H19N5O3. The fraction of sp³-hybridized carbons (Fsp3) is 0.0909. The number of ether oxygens (including phenoxy) is 2. The zero-order chi connectivity index (χ0) is 20.9. The van der Waals surface area contributed by atoms with Crippen LogP contribution in [-0.2, 0) is 0 Å². The second kappa shape index (κ2) is 8.44. The highest BCUT2D eigenvalue weighted by Gasteiger charge is 2.08. The average molecular weight is 401 g/mol. The predicted molar refractivity (Wildman–Crippen MR) is 111 cm³/mol. The Labute approximate surface area is 173 Å². The second-order valence-electron chi connectivity index (χ2n) is 6.38. The van der Waals surface area contributed by atoms with Crippen molar-refractivity contribution >= 4 is 11.6 Å². The van der Waals surface area contributed by atoms with Gasteiger partial charge in [-0.2, -0.15) is 0 Å². The van der Waals surface area contributed by atoms with E-state index in [0.717, 1.165) is 5.82 Å². The first kappa shape index (κ1) is 19.1. The number of imidazole rings is 1. The molecule has 150 valence electrons. The monoisotopic (exact) mass is 401 g/mol. The van der Waals surface area contributed by atoms with Gasteiger partial charge in [0, 0.05) is 29.7 Å². The Kier molecular flexibility index (Phi) is 5.38. The van der Waals surface area contributed by atoms with E-state index in [9.17, 15) is 4.79 Å². The van der Waals surface area contributed by atoms with Crippen molar-refractivity contribution in [2.45, 2.75) is 6.92 Å². The van der Waals surface area contributed by atoms with Crippen LogP contribution < -0.4 is 14.8 Å². The Hall–Kier alpha value is -4.20. The molecule has 0 radical (unpaired) electrons. The van der Waals surface area contributed by atoms with Crippen LogP contribution in [0.15, 0.2) is 73.1 Å². The molecule has 2 heterocycles. The van der Waals surface area contributed by atoms with Gasteiger partial charge in [0.25, 0.3) is 5.91 Å². The average Bonchev–Trinajstić information content (AvgIpc) is 3.21. The summed E-state index contributed by atoms with van der Waals surface area (Å²) < 4.78 is 12.7. The second-order valence-corrected chi connectivity index (χ2v) is 6.38. The maximum Gasteiger partial charge on any atom is 0.255 e. The van der Waals surface area contributed by atoms with Crippen molar-refractivity contribution in [1.82, 2.24) is 19.7 Å². The number of rotatable bonds is 6. The van der Waals surface area contributed by atoms with Crippen LogP contribution in [0.5, 0.6) is 17.4 Å². The van der Waals surface area contributed by atoms with Gasteiger partial charge in [0.1, 0.15) is 17.3 Å². The third-order valence-electron chi connectivity index (χ3n) is 4.39. The molecule has 2 aromatic heterocycles. The molecule has 4 rings (SSSR count). The summed E-state index contributed by atoms with van der Waals surface area (Å²) in [5.41, 5.74) is 1.19. The van der Waals surface area contributed by atoms with Crippen molar-refractivity contribution in [2.75, 3.05) is 12.4 Å². The van der Waals surface area contributed by atoms with Crippen LogP contribution in [0.1, 0.15) is 16.2 Å². The summed E-state index contributed by atoms with van der Waals surface area (Å²) in [5.74, 6) is 2.93. The van der Waals surface area contributed by atoms with E-state index in [1.165, 1.54) is 0 Å². The van der Waals surface area contributed by atoms with E-state index in [4.69, 9.17) is 9.47 Å². The molecule has 0 aliphatic carbocycles. The first-order chi connectivity index (χ1) is 14.6. The third kappa shape index (κ3) is 4.27. The molecular weight excluding hydrogens is 382 g/mol. The number of aromatic nitrogens is 4. The van der Waals surface area contributed by atoms with Crippen LogP contribution in [0.4, 0.5) is 5.69 Å². The highest BCUT2D eigenvalue weighted by molar-refractivity contribution is 6.04. The molecule has 0 saturated heterocycles. The van der Waals surface area contributed by atoms with Gasteiger partial charge in [-0.15, -0.1) is 10.2 Å². The molecule has 30 heavy (non-hydrogen) atoms. The van der Waals surface area contributed by atoms with Crippen molar-refractivity contribution in [3.05, 3.63) is 84.4 Å². The third-order valence-corrected chi connectivity index (χ3v) is 4.39. The lowest BCUT2D eigenvalue weighted by atomic mass is 10.2. The zero-order valence-corrected chi connectivity index (χ0v) is 16.4.